The first-order valence-electron chi connectivity index (χ1n) is 5.87. The Morgan fingerprint density at radius 2 is 2.25 bits per heavy atom. The number of thiophene rings is 1. The van der Waals surface area contributed by atoms with Crippen molar-refractivity contribution in [2.75, 3.05) is 19.7 Å². The summed E-state index contributed by atoms with van der Waals surface area (Å²) in [6.45, 7) is 6.00. The Labute approximate surface area is 102 Å². The van der Waals surface area contributed by atoms with Crippen LogP contribution < -0.4 is 5.73 Å². The van der Waals surface area contributed by atoms with Gasteiger partial charge in [-0.2, -0.15) is 11.3 Å². The predicted molar refractivity (Wildman–Crippen MR) is 69.7 cm³/mol. The molecule has 0 aliphatic carbocycles. The van der Waals surface area contributed by atoms with Gasteiger partial charge >= 0.3 is 0 Å². The minimum Gasteiger partial charge on any atom is -0.395 e. The van der Waals surface area contributed by atoms with E-state index in [1.54, 1.807) is 11.3 Å². The smallest absolute Gasteiger partial charge is 0.0558 e. The molecule has 1 heterocycles. The summed E-state index contributed by atoms with van der Waals surface area (Å²) in [6, 6.07) is 2.49. The number of hydrogen-bond donors (Lipinski definition) is 2. The lowest BCUT2D eigenvalue weighted by atomic mass is 9.99. The van der Waals surface area contributed by atoms with E-state index in [-0.39, 0.29) is 18.7 Å². The molecule has 0 aromatic carbocycles. The largest absolute Gasteiger partial charge is 0.395 e. The molecule has 16 heavy (non-hydrogen) atoms. The van der Waals surface area contributed by atoms with Crippen LogP contribution in [-0.2, 0) is 0 Å². The van der Waals surface area contributed by atoms with Crippen LogP contribution in [0.5, 0.6) is 0 Å². The third-order valence-electron chi connectivity index (χ3n) is 2.95. The van der Waals surface area contributed by atoms with Crippen molar-refractivity contribution < 1.29 is 5.11 Å². The van der Waals surface area contributed by atoms with Gasteiger partial charge in [-0.05, 0) is 35.4 Å². The minimum atomic E-state index is 0.126. The van der Waals surface area contributed by atoms with Crippen LogP contribution >= 0.6 is 11.3 Å². The zero-order valence-electron chi connectivity index (χ0n) is 10.1. The van der Waals surface area contributed by atoms with Crippen LogP contribution in [0.15, 0.2) is 16.8 Å². The van der Waals surface area contributed by atoms with Crippen molar-refractivity contribution in [1.82, 2.24) is 4.90 Å². The molecular formula is C12H22N2OS. The predicted octanol–water partition coefficient (Wildman–Crippen LogP) is 1.84. The number of nitrogens with zero attached hydrogens (tertiary/aromatic N) is 1. The highest BCUT2D eigenvalue weighted by Crippen LogP contribution is 2.26. The first-order chi connectivity index (χ1) is 7.74. The highest BCUT2D eigenvalue weighted by molar-refractivity contribution is 7.07. The molecule has 1 aromatic heterocycles. The zero-order valence-corrected chi connectivity index (χ0v) is 10.9. The van der Waals surface area contributed by atoms with Crippen molar-refractivity contribution in [3.05, 3.63) is 22.4 Å². The molecule has 0 radical (unpaired) electrons. The second-order valence-corrected chi connectivity index (χ2v) is 4.71. The van der Waals surface area contributed by atoms with Crippen LogP contribution in [0.2, 0.25) is 0 Å². The fourth-order valence-corrected chi connectivity index (χ4v) is 2.71. The normalized spacial score (nSPS) is 15.3. The average molecular weight is 242 g/mol. The zero-order chi connectivity index (χ0) is 12.0. The van der Waals surface area contributed by atoms with Crippen molar-refractivity contribution >= 4 is 11.3 Å². The molecule has 2 atom stereocenters. The van der Waals surface area contributed by atoms with E-state index in [0.29, 0.717) is 6.54 Å². The monoisotopic (exact) mass is 242 g/mol. The summed E-state index contributed by atoms with van der Waals surface area (Å²) in [7, 11) is 0. The molecule has 0 aliphatic rings. The van der Waals surface area contributed by atoms with Gasteiger partial charge in [0.05, 0.1) is 12.6 Å². The van der Waals surface area contributed by atoms with Crippen molar-refractivity contribution in [2.45, 2.75) is 32.4 Å². The first kappa shape index (κ1) is 13.6. The van der Waals surface area contributed by atoms with Crippen molar-refractivity contribution in [3.8, 4) is 0 Å². The molecular weight excluding hydrogens is 220 g/mol. The summed E-state index contributed by atoms with van der Waals surface area (Å²) >= 11 is 1.70. The van der Waals surface area contributed by atoms with Gasteiger partial charge in [-0.15, -0.1) is 0 Å². The first-order valence-corrected chi connectivity index (χ1v) is 6.81. The van der Waals surface area contributed by atoms with Gasteiger partial charge in [0.15, 0.2) is 0 Å². The number of likely N-dealkylation sites (N-methyl/N-ethyl adjacent to an activating group) is 1. The third kappa shape index (κ3) is 3.28. The van der Waals surface area contributed by atoms with Crippen LogP contribution in [0.3, 0.4) is 0 Å². The molecule has 92 valence electrons. The number of aliphatic hydroxyl groups excluding tert-OH is 1. The van der Waals surface area contributed by atoms with Crippen molar-refractivity contribution in [1.29, 1.82) is 0 Å². The van der Waals surface area contributed by atoms with E-state index in [4.69, 9.17) is 10.8 Å². The molecule has 0 spiro atoms. The van der Waals surface area contributed by atoms with E-state index >= 15 is 0 Å². The number of aliphatic hydroxyl groups is 1. The van der Waals surface area contributed by atoms with Crippen LogP contribution in [-0.4, -0.2) is 35.7 Å². The lowest BCUT2D eigenvalue weighted by Crippen LogP contribution is -2.41. The molecule has 1 aromatic rings. The second kappa shape index (κ2) is 7.01. The summed E-state index contributed by atoms with van der Waals surface area (Å²) in [4.78, 5) is 2.25. The van der Waals surface area contributed by atoms with E-state index in [0.717, 1.165) is 13.0 Å². The Morgan fingerprint density at radius 3 is 2.69 bits per heavy atom. The molecule has 3 nitrogen and oxygen atoms in total. The summed E-state index contributed by atoms with van der Waals surface area (Å²) < 4.78 is 0. The van der Waals surface area contributed by atoms with E-state index in [1.807, 2.05) is 0 Å². The summed E-state index contributed by atoms with van der Waals surface area (Å²) in [6.07, 6.45) is 0.947. The molecule has 0 aliphatic heterocycles. The van der Waals surface area contributed by atoms with Crippen LogP contribution in [0.25, 0.3) is 0 Å². The average Bonchev–Trinajstić information content (AvgIpc) is 2.81. The van der Waals surface area contributed by atoms with Crippen molar-refractivity contribution in [2.24, 2.45) is 5.73 Å². The summed E-state index contributed by atoms with van der Waals surface area (Å²) in [5.74, 6) is 0. The molecule has 0 bridgehead atoms. The van der Waals surface area contributed by atoms with Gasteiger partial charge in [-0.1, -0.05) is 13.8 Å². The fourth-order valence-electron chi connectivity index (χ4n) is 2.02. The van der Waals surface area contributed by atoms with E-state index in [1.165, 1.54) is 5.56 Å². The topological polar surface area (TPSA) is 49.5 Å². The maximum atomic E-state index is 9.09. The molecule has 4 heteroatoms. The van der Waals surface area contributed by atoms with E-state index in [2.05, 4.69) is 35.6 Å². The molecule has 0 amide bonds. The Kier molecular flexibility index (Phi) is 5.98. The third-order valence-corrected chi connectivity index (χ3v) is 3.65. The van der Waals surface area contributed by atoms with E-state index < -0.39 is 0 Å². The van der Waals surface area contributed by atoms with Crippen molar-refractivity contribution in [3.63, 3.8) is 0 Å². The Bertz CT molecular complexity index is 277. The van der Waals surface area contributed by atoms with Crippen LogP contribution in [0.1, 0.15) is 31.9 Å². The molecule has 0 saturated heterocycles. The van der Waals surface area contributed by atoms with Crippen LogP contribution in [0.4, 0.5) is 0 Å². The quantitative estimate of drug-likeness (QED) is 0.767. The number of hydrogen-bond acceptors (Lipinski definition) is 4. The molecule has 0 fully saturated rings. The lowest BCUT2D eigenvalue weighted by molar-refractivity contribution is 0.139. The molecule has 3 N–H and O–H groups in total. The summed E-state index contributed by atoms with van der Waals surface area (Å²) in [5, 5.41) is 13.3. The number of nitrogens with two attached hydrogens (primary N) is 1. The highest BCUT2D eigenvalue weighted by Gasteiger charge is 2.24. The highest BCUT2D eigenvalue weighted by atomic mass is 32.1. The number of rotatable bonds is 7. The van der Waals surface area contributed by atoms with Gasteiger partial charge in [0.25, 0.3) is 0 Å². The fraction of sp³-hybridized carbons (Fsp3) is 0.667. The van der Waals surface area contributed by atoms with Gasteiger partial charge in [0, 0.05) is 12.6 Å². The summed E-state index contributed by atoms with van der Waals surface area (Å²) in [5.41, 5.74) is 7.47. The maximum Gasteiger partial charge on any atom is 0.0558 e. The van der Waals surface area contributed by atoms with Gasteiger partial charge in [-0.25, -0.2) is 0 Å². The molecule has 0 saturated carbocycles. The molecule has 2 unspecified atom stereocenters. The molecule has 1 rings (SSSR count). The SMILES string of the molecule is CCC(N)C(c1ccsc1)N(CC)CCO. The lowest BCUT2D eigenvalue weighted by Gasteiger charge is -2.33. The van der Waals surface area contributed by atoms with Gasteiger partial charge in [0.1, 0.15) is 0 Å². The second-order valence-electron chi connectivity index (χ2n) is 3.93. The Morgan fingerprint density at radius 1 is 1.50 bits per heavy atom. The van der Waals surface area contributed by atoms with Gasteiger partial charge < -0.3 is 10.8 Å². The van der Waals surface area contributed by atoms with Crippen LogP contribution in [0, 0.1) is 0 Å². The van der Waals surface area contributed by atoms with E-state index in [9.17, 15) is 0 Å². The standard InChI is InChI=1S/C12H22N2OS/c1-3-11(13)12(10-5-8-16-9-10)14(4-2)6-7-15/h5,8-9,11-12,15H,3-4,6-7,13H2,1-2H3. The van der Waals surface area contributed by atoms with Gasteiger partial charge in [-0.3, -0.25) is 4.90 Å². The van der Waals surface area contributed by atoms with Gasteiger partial charge in [0.2, 0.25) is 0 Å². The Balaban J connectivity index is 2.85. The Hall–Kier alpha value is -0.420. The maximum absolute atomic E-state index is 9.09. The minimum absolute atomic E-state index is 0.126.